The van der Waals surface area contributed by atoms with Crippen LogP contribution in [0.3, 0.4) is 0 Å². The first-order valence-electron chi connectivity index (χ1n) is 10.3. The van der Waals surface area contributed by atoms with E-state index >= 15 is 0 Å². The number of urea groups is 1. The standard InChI is InChI=1S/C20H28ClN7O3/c1-12(2)18(29)17(19(30)28(20(22)31)8-4-5-13(28)3)23-10-14-9-15(21)6-7-16(14)27-11-24-25-26-27/h6-7,9,11-13,17-18,23,29H,4-5,8,10H2,1-3H3,(H-,22,31)/p+1/t13-,17?,18+,28?/m1/s1. The first-order chi connectivity index (χ1) is 14.7. The zero-order chi connectivity index (χ0) is 22.8. The maximum absolute atomic E-state index is 13.7. The molecule has 1 fully saturated rings. The highest BCUT2D eigenvalue weighted by Crippen LogP contribution is 2.30. The highest BCUT2D eigenvalue weighted by Gasteiger charge is 2.55. The number of quaternary nitrogens is 1. The molecule has 0 aliphatic carbocycles. The fraction of sp³-hybridized carbons (Fsp3) is 0.550. The van der Waals surface area contributed by atoms with Gasteiger partial charge in [0.25, 0.3) is 0 Å². The molecule has 0 saturated carbocycles. The molecule has 2 unspecified atom stereocenters. The average Bonchev–Trinajstić information content (AvgIpc) is 3.38. The quantitative estimate of drug-likeness (QED) is 0.542. The monoisotopic (exact) mass is 450 g/mol. The summed E-state index contributed by atoms with van der Waals surface area (Å²) in [6.07, 6.45) is 1.89. The number of carbonyl (C=O) groups is 2. The number of hydrogen-bond donors (Lipinski definition) is 3. The lowest BCUT2D eigenvalue weighted by molar-refractivity contribution is -0.784. The second kappa shape index (κ2) is 9.39. The zero-order valence-electron chi connectivity index (χ0n) is 17.9. The van der Waals surface area contributed by atoms with Crippen LogP contribution < -0.4 is 11.1 Å². The number of halogens is 1. The van der Waals surface area contributed by atoms with Crippen LogP contribution in [0.2, 0.25) is 5.02 Å². The Labute approximate surface area is 185 Å². The van der Waals surface area contributed by atoms with Crippen molar-refractivity contribution >= 4 is 23.5 Å². The smallest absolute Gasteiger partial charge is 0.390 e. The van der Waals surface area contributed by atoms with Gasteiger partial charge in [-0.05, 0) is 47.0 Å². The third kappa shape index (κ3) is 4.47. The summed E-state index contributed by atoms with van der Waals surface area (Å²) >= 11 is 6.19. The van der Waals surface area contributed by atoms with E-state index in [9.17, 15) is 14.7 Å². The Morgan fingerprint density at radius 1 is 1.42 bits per heavy atom. The molecule has 2 aromatic rings. The van der Waals surface area contributed by atoms with Gasteiger partial charge in [0.2, 0.25) is 0 Å². The number of tetrazole rings is 1. The topological polar surface area (TPSA) is 136 Å². The predicted octanol–water partition coefficient (Wildman–Crippen LogP) is 1.40. The van der Waals surface area contributed by atoms with Crippen molar-refractivity contribution in [3.8, 4) is 5.69 Å². The van der Waals surface area contributed by atoms with Crippen LogP contribution in [0.25, 0.3) is 5.69 Å². The first-order valence-corrected chi connectivity index (χ1v) is 10.7. The fourth-order valence-electron chi connectivity index (χ4n) is 4.24. The van der Waals surface area contributed by atoms with Crippen LogP contribution in [0.15, 0.2) is 24.5 Å². The van der Waals surface area contributed by atoms with Crippen molar-refractivity contribution in [2.75, 3.05) is 6.54 Å². The summed E-state index contributed by atoms with van der Waals surface area (Å²) in [6.45, 7) is 6.02. The van der Waals surface area contributed by atoms with Crippen LogP contribution in [0.5, 0.6) is 0 Å². The van der Waals surface area contributed by atoms with Gasteiger partial charge in [0.1, 0.15) is 12.4 Å². The maximum Gasteiger partial charge on any atom is 0.421 e. The Morgan fingerprint density at radius 3 is 2.71 bits per heavy atom. The Morgan fingerprint density at radius 2 is 2.16 bits per heavy atom. The van der Waals surface area contributed by atoms with Gasteiger partial charge in [0, 0.05) is 24.4 Å². The lowest BCUT2D eigenvalue weighted by atomic mass is 9.96. The molecule has 31 heavy (non-hydrogen) atoms. The molecule has 2 heterocycles. The van der Waals surface area contributed by atoms with E-state index in [1.165, 1.54) is 11.0 Å². The van der Waals surface area contributed by atoms with E-state index in [-0.39, 0.29) is 18.5 Å². The minimum Gasteiger partial charge on any atom is -0.390 e. The lowest BCUT2D eigenvalue weighted by Gasteiger charge is -2.36. The molecule has 1 aliphatic rings. The summed E-state index contributed by atoms with van der Waals surface area (Å²) < 4.78 is 1.03. The molecule has 1 saturated heterocycles. The Kier molecular flexibility index (Phi) is 7.05. The van der Waals surface area contributed by atoms with Gasteiger partial charge in [-0.15, -0.1) is 5.10 Å². The molecule has 11 heteroatoms. The van der Waals surface area contributed by atoms with Gasteiger partial charge in [0.05, 0.1) is 18.3 Å². The van der Waals surface area contributed by atoms with E-state index in [0.29, 0.717) is 17.3 Å². The van der Waals surface area contributed by atoms with Crippen LogP contribution >= 0.6 is 11.6 Å². The summed E-state index contributed by atoms with van der Waals surface area (Å²) in [5.41, 5.74) is 7.12. The molecule has 3 amide bonds. The lowest BCUT2D eigenvalue weighted by Crippen LogP contribution is -2.68. The van der Waals surface area contributed by atoms with Gasteiger partial charge in [0.15, 0.2) is 6.04 Å². The summed E-state index contributed by atoms with van der Waals surface area (Å²) in [5.74, 6) is -0.629. The predicted molar refractivity (Wildman–Crippen MR) is 114 cm³/mol. The van der Waals surface area contributed by atoms with Crippen molar-refractivity contribution in [2.45, 2.75) is 58.3 Å². The molecular weight excluding hydrogens is 422 g/mol. The Hall–Kier alpha value is -2.40. The van der Waals surface area contributed by atoms with Crippen LogP contribution in [0, 0.1) is 5.92 Å². The second-order valence-corrected chi connectivity index (χ2v) is 8.82. The number of aliphatic hydroxyl groups excluding tert-OH is 1. The third-order valence-electron chi connectivity index (χ3n) is 6.11. The zero-order valence-corrected chi connectivity index (χ0v) is 18.7. The number of nitrogens with two attached hydrogens (primary N) is 1. The highest BCUT2D eigenvalue weighted by molar-refractivity contribution is 6.30. The number of imide groups is 1. The van der Waals surface area contributed by atoms with Gasteiger partial charge < -0.3 is 10.8 Å². The molecule has 4 atom stereocenters. The van der Waals surface area contributed by atoms with E-state index in [4.69, 9.17) is 17.3 Å². The molecule has 168 valence electrons. The Balaban J connectivity index is 1.93. The van der Waals surface area contributed by atoms with Gasteiger partial charge >= 0.3 is 11.9 Å². The molecule has 0 radical (unpaired) electrons. The number of nitrogens with zero attached hydrogens (tertiary/aromatic N) is 5. The number of hydrogen-bond acceptors (Lipinski definition) is 7. The van der Waals surface area contributed by atoms with Crippen molar-refractivity contribution in [3.63, 3.8) is 0 Å². The maximum atomic E-state index is 13.7. The van der Waals surface area contributed by atoms with Gasteiger partial charge in [-0.25, -0.2) is 14.3 Å². The van der Waals surface area contributed by atoms with Gasteiger partial charge in [-0.3, -0.25) is 5.32 Å². The number of primary amides is 1. The minimum atomic E-state index is -1.01. The summed E-state index contributed by atoms with van der Waals surface area (Å²) in [4.78, 5) is 26.1. The molecule has 1 aliphatic heterocycles. The molecule has 0 spiro atoms. The Bertz CT molecular complexity index is 937. The summed E-state index contributed by atoms with van der Waals surface area (Å²) in [5, 5.41) is 25.8. The van der Waals surface area contributed by atoms with Crippen LogP contribution in [0.1, 0.15) is 39.2 Å². The SMILES string of the molecule is CC(C)[C@H](O)C(NCc1cc(Cl)ccc1-n1cnnn1)C(=O)[N+]1(C(N)=O)CCC[C@H]1C. The number of aromatic nitrogens is 4. The first kappa shape index (κ1) is 23.3. The van der Waals surface area contributed by atoms with Crippen molar-refractivity contribution in [2.24, 2.45) is 11.7 Å². The number of likely N-dealkylation sites (tertiary alicyclic amines) is 1. The van der Waals surface area contributed by atoms with E-state index in [0.717, 1.165) is 18.4 Å². The molecular formula is C20H29ClN7O3+. The summed E-state index contributed by atoms with van der Waals surface area (Å²) in [6, 6.07) is 3.31. The minimum absolute atomic E-state index is 0.198. The number of nitrogens with one attached hydrogen (secondary N) is 1. The summed E-state index contributed by atoms with van der Waals surface area (Å²) in [7, 11) is 0. The molecule has 0 bridgehead atoms. The molecule has 1 aromatic carbocycles. The molecule has 10 nitrogen and oxygen atoms in total. The van der Waals surface area contributed by atoms with E-state index in [1.807, 2.05) is 20.8 Å². The highest BCUT2D eigenvalue weighted by atomic mass is 35.5. The van der Waals surface area contributed by atoms with Crippen molar-refractivity contribution in [3.05, 3.63) is 35.1 Å². The second-order valence-electron chi connectivity index (χ2n) is 8.38. The fourth-order valence-corrected chi connectivity index (χ4v) is 4.43. The van der Waals surface area contributed by atoms with E-state index in [2.05, 4.69) is 20.8 Å². The van der Waals surface area contributed by atoms with Crippen molar-refractivity contribution < 1.29 is 19.2 Å². The number of carbonyl (C=O) groups excluding carboxylic acids is 2. The molecule has 4 N–H and O–H groups in total. The van der Waals surface area contributed by atoms with E-state index < -0.39 is 28.6 Å². The largest absolute Gasteiger partial charge is 0.421 e. The third-order valence-corrected chi connectivity index (χ3v) is 6.35. The molecule has 3 rings (SSSR count). The number of amides is 3. The van der Waals surface area contributed by atoms with Crippen molar-refractivity contribution in [1.29, 1.82) is 0 Å². The van der Waals surface area contributed by atoms with Gasteiger partial charge in [-0.2, -0.15) is 4.48 Å². The van der Waals surface area contributed by atoms with E-state index in [1.54, 1.807) is 18.2 Å². The molecule has 1 aromatic heterocycles. The van der Waals surface area contributed by atoms with Crippen LogP contribution in [0.4, 0.5) is 4.79 Å². The van der Waals surface area contributed by atoms with Crippen LogP contribution in [-0.2, 0) is 11.3 Å². The van der Waals surface area contributed by atoms with Gasteiger partial charge in [-0.1, -0.05) is 25.4 Å². The normalized spacial score (nSPS) is 23.1. The average molecular weight is 451 g/mol. The van der Waals surface area contributed by atoms with Crippen LogP contribution in [-0.4, -0.2) is 66.5 Å². The van der Waals surface area contributed by atoms with Crippen molar-refractivity contribution in [1.82, 2.24) is 25.5 Å². The number of benzene rings is 1. The number of aliphatic hydroxyl groups is 1. The number of rotatable bonds is 7.